The van der Waals surface area contributed by atoms with E-state index in [-0.39, 0.29) is 5.56 Å². The summed E-state index contributed by atoms with van der Waals surface area (Å²) < 4.78 is 38.9. The molecule has 7 heteroatoms. The fourth-order valence-corrected chi connectivity index (χ4v) is 2.20. The first-order chi connectivity index (χ1) is 9.97. The summed E-state index contributed by atoms with van der Waals surface area (Å²) in [7, 11) is 0. The Morgan fingerprint density at radius 1 is 1.23 bits per heavy atom. The van der Waals surface area contributed by atoms with E-state index >= 15 is 0 Å². The Kier molecular flexibility index (Phi) is 3.81. The van der Waals surface area contributed by atoms with Gasteiger partial charge in [-0.1, -0.05) is 39.0 Å². The smallest absolute Gasteiger partial charge is 0.368 e. The number of benzene rings is 1. The number of hydrogen-bond donors (Lipinski definition) is 1. The Morgan fingerprint density at radius 3 is 2.23 bits per heavy atom. The Hall–Kier alpha value is -1.89. The van der Waals surface area contributed by atoms with E-state index in [1.165, 1.54) is 12.1 Å². The molecule has 1 aliphatic rings. The first-order valence-corrected chi connectivity index (χ1v) is 6.73. The average Bonchev–Trinajstić information content (AvgIpc) is 2.78. The van der Waals surface area contributed by atoms with Gasteiger partial charge in [-0.3, -0.25) is 4.79 Å². The van der Waals surface area contributed by atoms with Crippen LogP contribution in [0.3, 0.4) is 0 Å². The SMILES string of the molecule is CC(C)(C)C1(O)CC(C(F)(F)F)=NN1C(=O)c1ccccc1. The number of carbonyl (C=O) groups excluding carboxylic acids is 1. The van der Waals surface area contributed by atoms with E-state index < -0.39 is 35.4 Å². The zero-order valence-electron chi connectivity index (χ0n) is 12.5. The lowest BCUT2D eigenvalue weighted by molar-refractivity contribution is -0.144. The van der Waals surface area contributed by atoms with E-state index in [0.717, 1.165) is 0 Å². The molecule has 2 rings (SSSR count). The van der Waals surface area contributed by atoms with Gasteiger partial charge in [-0.2, -0.15) is 23.3 Å². The number of alkyl halides is 3. The summed E-state index contributed by atoms with van der Waals surface area (Å²) in [6.45, 7) is 4.69. The zero-order chi connectivity index (χ0) is 16.8. The molecule has 0 aliphatic carbocycles. The largest absolute Gasteiger partial charge is 0.431 e. The third-order valence-electron chi connectivity index (χ3n) is 3.73. The molecule has 22 heavy (non-hydrogen) atoms. The number of aliphatic hydroxyl groups is 1. The minimum absolute atomic E-state index is 0.164. The Labute approximate surface area is 126 Å². The van der Waals surface area contributed by atoms with Gasteiger partial charge in [0.2, 0.25) is 0 Å². The number of carbonyl (C=O) groups is 1. The van der Waals surface area contributed by atoms with Gasteiger partial charge in [0.25, 0.3) is 5.91 Å². The Balaban J connectivity index is 2.48. The second kappa shape index (κ2) is 5.08. The number of amides is 1. The lowest BCUT2D eigenvalue weighted by Crippen LogP contribution is -2.55. The van der Waals surface area contributed by atoms with Crippen LogP contribution in [0.4, 0.5) is 13.2 Å². The number of hydrazone groups is 1. The fraction of sp³-hybridized carbons (Fsp3) is 0.467. The third kappa shape index (κ3) is 2.72. The first kappa shape index (κ1) is 16.5. The molecule has 0 saturated carbocycles. The van der Waals surface area contributed by atoms with Crippen LogP contribution in [0.15, 0.2) is 35.4 Å². The minimum Gasteiger partial charge on any atom is -0.368 e. The van der Waals surface area contributed by atoms with Gasteiger partial charge in [0.1, 0.15) is 5.71 Å². The molecule has 4 nitrogen and oxygen atoms in total. The lowest BCUT2D eigenvalue weighted by Gasteiger charge is -2.41. The molecular weight excluding hydrogens is 297 g/mol. The van der Waals surface area contributed by atoms with E-state index in [1.54, 1.807) is 39.0 Å². The summed E-state index contributed by atoms with van der Waals surface area (Å²) in [6, 6.07) is 7.79. The van der Waals surface area contributed by atoms with Gasteiger partial charge < -0.3 is 5.11 Å². The summed E-state index contributed by atoms with van der Waals surface area (Å²) in [4.78, 5) is 12.5. The molecule has 0 fully saturated rings. The molecule has 1 aromatic carbocycles. The van der Waals surface area contributed by atoms with E-state index in [1.807, 2.05) is 0 Å². The van der Waals surface area contributed by atoms with Crippen LogP contribution in [0.1, 0.15) is 37.6 Å². The van der Waals surface area contributed by atoms with Crippen molar-refractivity contribution in [3.63, 3.8) is 0 Å². The molecule has 1 amide bonds. The van der Waals surface area contributed by atoms with Crippen LogP contribution in [-0.4, -0.2) is 33.6 Å². The average molecular weight is 314 g/mol. The van der Waals surface area contributed by atoms with Crippen molar-refractivity contribution in [1.29, 1.82) is 0 Å². The van der Waals surface area contributed by atoms with E-state index in [4.69, 9.17) is 0 Å². The monoisotopic (exact) mass is 314 g/mol. The van der Waals surface area contributed by atoms with Gasteiger partial charge in [-0.25, -0.2) is 0 Å². The normalized spacial score (nSPS) is 22.7. The minimum atomic E-state index is -4.69. The highest BCUT2D eigenvalue weighted by Gasteiger charge is 2.57. The summed E-state index contributed by atoms with van der Waals surface area (Å²) in [5.74, 6) is -0.766. The topological polar surface area (TPSA) is 52.9 Å². The molecule has 1 aromatic rings. The van der Waals surface area contributed by atoms with Crippen LogP contribution in [0.25, 0.3) is 0 Å². The number of halogens is 3. The highest BCUT2D eigenvalue weighted by molar-refractivity contribution is 5.99. The zero-order valence-corrected chi connectivity index (χ0v) is 12.5. The molecule has 1 aliphatic heterocycles. The number of hydrogen-bond acceptors (Lipinski definition) is 3. The van der Waals surface area contributed by atoms with Gasteiger partial charge in [0.15, 0.2) is 5.72 Å². The molecule has 1 atom stereocenters. The van der Waals surface area contributed by atoms with Gasteiger partial charge in [-0.15, -0.1) is 0 Å². The lowest BCUT2D eigenvalue weighted by atomic mass is 9.80. The van der Waals surface area contributed by atoms with Gasteiger partial charge in [-0.05, 0) is 12.1 Å². The van der Waals surface area contributed by atoms with Crippen molar-refractivity contribution in [3.05, 3.63) is 35.9 Å². The quantitative estimate of drug-likeness (QED) is 0.865. The van der Waals surface area contributed by atoms with Crippen LogP contribution < -0.4 is 0 Å². The van der Waals surface area contributed by atoms with Crippen molar-refractivity contribution in [1.82, 2.24) is 5.01 Å². The Morgan fingerprint density at radius 2 is 1.77 bits per heavy atom. The van der Waals surface area contributed by atoms with Gasteiger partial charge in [0, 0.05) is 17.4 Å². The van der Waals surface area contributed by atoms with Crippen molar-refractivity contribution >= 4 is 11.6 Å². The van der Waals surface area contributed by atoms with Crippen molar-refractivity contribution in [3.8, 4) is 0 Å². The molecule has 0 saturated heterocycles. The molecule has 120 valence electrons. The van der Waals surface area contributed by atoms with Crippen LogP contribution >= 0.6 is 0 Å². The Bertz CT molecular complexity index is 605. The van der Waals surface area contributed by atoms with E-state index in [9.17, 15) is 23.1 Å². The van der Waals surface area contributed by atoms with Crippen molar-refractivity contribution < 1.29 is 23.1 Å². The highest BCUT2D eigenvalue weighted by Crippen LogP contribution is 2.43. The fourth-order valence-electron chi connectivity index (χ4n) is 2.20. The molecule has 0 bridgehead atoms. The van der Waals surface area contributed by atoms with Crippen molar-refractivity contribution in [2.75, 3.05) is 0 Å². The van der Waals surface area contributed by atoms with Crippen LogP contribution in [0.2, 0.25) is 0 Å². The van der Waals surface area contributed by atoms with Crippen molar-refractivity contribution in [2.24, 2.45) is 10.5 Å². The van der Waals surface area contributed by atoms with Gasteiger partial charge >= 0.3 is 6.18 Å². The van der Waals surface area contributed by atoms with E-state index in [0.29, 0.717) is 5.01 Å². The van der Waals surface area contributed by atoms with E-state index in [2.05, 4.69) is 5.10 Å². The second-order valence-corrected chi connectivity index (χ2v) is 6.27. The maximum absolute atomic E-state index is 13.0. The standard InChI is InChI=1S/C15H17F3N2O2/c1-13(2,3)14(22)9-11(15(16,17)18)19-20(14)12(21)10-7-5-4-6-8-10/h4-8,22H,9H2,1-3H3. The molecule has 1 heterocycles. The summed E-state index contributed by atoms with van der Waals surface area (Å²) in [5.41, 5.74) is -4.04. The van der Waals surface area contributed by atoms with Crippen LogP contribution in [0, 0.1) is 5.41 Å². The maximum atomic E-state index is 13.0. The predicted octanol–water partition coefficient (Wildman–Crippen LogP) is 3.19. The predicted molar refractivity (Wildman–Crippen MR) is 75.1 cm³/mol. The maximum Gasteiger partial charge on any atom is 0.431 e. The summed E-state index contributed by atoms with van der Waals surface area (Å²) >= 11 is 0. The third-order valence-corrected chi connectivity index (χ3v) is 3.73. The second-order valence-electron chi connectivity index (χ2n) is 6.27. The van der Waals surface area contributed by atoms with Crippen LogP contribution in [0.5, 0.6) is 0 Å². The van der Waals surface area contributed by atoms with Crippen molar-refractivity contribution in [2.45, 2.75) is 39.1 Å². The van der Waals surface area contributed by atoms with Gasteiger partial charge in [0.05, 0.1) is 0 Å². The molecule has 0 aromatic heterocycles. The molecular formula is C15H17F3N2O2. The first-order valence-electron chi connectivity index (χ1n) is 6.73. The molecule has 0 spiro atoms. The molecule has 1 N–H and O–H groups in total. The summed E-state index contributed by atoms with van der Waals surface area (Å²) in [5, 5.41) is 14.7. The van der Waals surface area contributed by atoms with Crippen LogP contribution in [-0.2, 0) is 0 Å². The number of nitrogens with zero attached hydrogens (tertiary/aromatic N) is 2. The summed E-state index contributed by atoms with van der Waals surface area (Å²) in [6.07, 6.45) is -5.44. The molecule has 0 radical (unpaired) electrons. The molecule has 1 unspecified atom stereocenters. The highest BCUT2D eigenvalue weighted by atomic mass is 19.4. The number of rotatable bonds is 1.